The molecule has 0 aliphatic rings. The maximum absolute atomic E-state index is 12.9. The van der Waals surface area contributed by atoms with Gasteiger partial charge in [-0.15, -0.1) is 0 Å². The van der Waals surface area contributed by atoms with E-state index in [9.17, 15) is 14.4 Å². The van der Waals surface area contributed by atoms with Gasteiger partial charge in [-0.05, 0) is 77.0 Å². The lowest BCUT2D eigenvalue weighted by Crippen LogP contribution is -2.30. The minimum atomic E-state index is -0.771. The number of hydrogen-bond acceptors (Lipinski definition) is 6. The van der Waals surface area contributed by atoms with E-state index in [0.717, 1.165) is 64.2 Å². The fourth-order valence-corrected chi connectivity index (χ4v) is 9.18. The maximum atomic E-state index is 12.9. The van der Waals surface area contributed by atoms with E-state index in [1.165, 1.54) is 231 Å². The number of esters is 3. The van der Waals surface area contributed by atoms with Crippen LogP contribution in [0.25, 0.3) is 0 Å². The van der Waals surface area contributed by atoms with Crippen molar-refractivity contribution in [3.8, 4) is 0 Å². The molecule has 0 saturated carbocycles. The van der Waals surface area contributed by atoms with Crippen molar-refractivity contribution < 1.29 is 28.6 Å². The molecular formula is C64H118O6. The molecule has 0 aromatic rings. The van der Waals surface area contributed by atoms with Crippen LogP contribution >= 0.6 is 0 Å². The topological polar surface area (TPSA) is 78.9 Å². The number of allylic oxidation sites excluding steroid dienone is 6. The Morgan fingerprint density at radius 2 is 0.514 bits per heavy atom. The molecule has 0 spiro atoms. The fraction of sp³-hybridized carbons (Fsp3) is 0.859. The summed E-state index contributed by atoms with van der Waals surface area (Å²) in [7, 11) is 0. The van der Waals surface area contributed by atoms with Gasteiger partial charge in [-0.1, -0.05) is 276 Å². The molecule has 0 aliphatic carbocycles. The first-order valence-electron chi connectivity index (χ1n) is 31.0. The van der Waals surface area contributed by atoms with Crippen molar-refractivity contribution in [3.63, 3.8) is 0 Å². The highest BCUT2D eigenvalue weighted by Crippen LogP contribution is 2.17. The second kappa shape index (κ2) is 59.2. The van der Waals surface area contributed by atoms with Crippen LogP contribution in [0.4, 0.5) is 0 Å². The van der Waals surface area contributed by atoms with E-state index < -0.39 is 6.10 Å². The largest absolute Gasteiger partial charge is 0.462 e. The molecule has 0 radical (unpaired) electrons. The van der Waals surface area contributed by atoms with E-state index in [0.29, 0.717) is 19.3 Å². The Hall–Kier alpha value is -2.37. The monoisotopic (exact) mass is 983 g/mol. The molecule has 0 aliphatic heterocycles. The Morgan fingerprint density at radius 1 is 0.286 bits per heavy atom. The lowest BCUT2D eigenvalue weighted by atomic mass is 10.0. The normalized spacial score (nSPS) is 12.2. The molecule has 6 heteroatoms. The molecule has 0 aromatic carbocycles. The lowest BCUT2D eigenvalue weighted by molar-refractivity contribution is -0.167. The zero-order valence-electron chi connectivity index (χ0n) is 47.1. The van der Waals surface area contributed by atoms with Gasteiger partial charge in [0.15, 0.2) is 6.10 Å². The fourth-order valence-electron chi connectivity index (χ4n) is 9.18. The molecule has 0 saturated heterocycles. The lowest BCUT2D eigenvalue weighted by Gasteiger charge is -2.18. The van der Waals surface area contributed by atoms with Gasteiger partial charge in [0, 0.05) is 19.3 Å². The molecule has 0 bridgehead atoms. The maximum Gasteiger partial charge on any atom is 0.306 e. The van der Waals surface area contributed by atoms with E-state index in [-0.39, 0.29) is 31.1 Å². The van der Waals surface area contributed by atoms with Crippen molar-refractivity contribution in [1.82, 2.24) is 0 Å². The Morgan fingerprint density at radius 3 is 0.800 bits per heavy atom. The summed E-state index contributed by atoms with van der Waals surface area (Å²) in [6, 6.07) is 0. The highest BCUT2D eigenvalue weighted by Gasteiger charge is 2.19. The summed E-state index contributed by atoms with van der Waals surface area (Å²) in [5, 5.41) is 0. The van der Waals surface area contributed by atoms with Crippen molar-refractivity contribution in [1.29, 1.82) is 0 Å². The number of carbonyl (C=O) groups excluding carboxylic acids is 3. The molecule has 410 valence electrons. The zero-order valence-corrected chi connectivity index (χ0v) is 47.1. The molecule has 0 fully saturated rings. The van der Waals surface area contributed by atoms with Crippen LogP contribution in [0, 0.1) is 0 Å². The number of carbonyl (C=O) groups is 3. The van der Waals surface area contributed by atoms with Crippen LogP contribution in [0.5, 0.6) is 0 Å². The molecule has 70 heavy (non-hydrogen) atoms. The van der Waals surface area contributed by atoms with Crippen molar-refractivity contribution in [2.24, 2.45) is 0 Å². The van der Waals surface area contributed by atoms with Gasteiger partial charge >= 0.3 is 17.9 Å². The van der Waals surface area contributed by atoms with Crippen LogP contribution in [-0.4, -0.2) is 37.2 Å². The van der Waals surface area contributed by atoms with Gasteiger partial charge in [0.1, 0.15) is 13.2 Å². The van der Waals surface area contributed by atoms with Crippen molar-refractivity contribution in [2.45, 2.75) is 341 Å². The van der Waals surface area contributed by atoms with Gasteiger partial charge in [0.2, 0.25) is 0 Å². The molecule has 0 rings (SSSR count). The Balaban J connectivity index is 4.20. The number of unbranched alkanes of at least 4 members (excludes halogenated alkanes) is 40. The van der Waals surface area contributed by atoms with Crippen LogP contribution in [0.3, 0.4) is 0 Å². The average molecular weight is 984 g/mol. The van der Waals surface area contributed by atoms with E-state index in [2.05, 4.69) is 57.2 Å². The SMILES string of the molecule is CCCCCCC/C=C\C/C=C\CCCCCCCCCCCCCCCC(=O)OCC(COC(=O)CCCCCCCCCCCC)OC(=O)CCCCCCCCC/C=C\CCCCCCCC. The van der Waals surface area contributed by atoms with Crippen molar-refractivity contribution in [3.05, 3.63) is 36.5 Å². The van der Waals surface area contributed by atoms with E-state index in [1.807, 2.05) is 0 Å². The summed E-state index contributed by atoms with van der Waals surface area (Å²) in [5.41, 5.74) is 0. The quantitative estimate of drug-likeness (QED) is 0.0261. The van der Waals surface area contributed by atoms with Gasteiger partial charge in [0.25, 0.3) is 0 Å². The molecule has 1 unspecified atom stereocenters. The minimum absolute atomic E-state index is 0.0699. The third kappa shape index (κ3) is 56.5. The molecule has 0 aromatic heterocycles. The number of rotatable bonds is 57. The summed E-state index contributed by atoms with van der Waals surface area (Å²) in [6.45, 7) is 6.65. The molecule has 1 atom stereocenters. The average Bonchev–Trinajstić information content (AvgIpc) is 3.36. The zero-order chi connectivity index (χ0) is 50.7. The summed E-state index contributed by atoms with van der Waals surface area (Å²) < 4.78 is 16.9. The predicted molar refractivity (Wildman–Crippen MR) is 302 cm³/mol. The van der Waals surface area contributed by atoms with Crippen LogP contribution in [0.2, 0.25) is 0 Å². The highest BCUT2D eigenvalue weighted by molar-refractivity contribution is 5.71. The van der Waals surface area contributed by atoms with Gasteiger partial charge in [0.05, 0.1) is 0 Å². The third-order valence-electron chi connectivity index (χ3n) is 13.9. The highest BCUT2D eigenvalue weighted by atomic mass is 16.6. The van der Waals surface area contributed by atoms with Crippen LogP contribution in [0.1, 0.15) is 335 Å². The summed E-state index contributed by atoms with van der Waals surface area (Å²) in [6.07, 6.45) is 71.5. The molecular weight excluding hydrogens is 865 g/mol. The van der Waals surface area contributed by atoms with Gasteiger partial charge in [-0.25, -0.2) is 0 Å². The third-order valence-corrected chi connectivity index (χ3v) is 13.9. The number of ether oxygens (including phenoxy) is 3. The second-order valence-corrected chi connectivity index (χ2v) is 21.0. The first-order valence-corrected chi connectivity index (χ1v) is 31.0. The number of hydrogen-bond donors (Lipinski definition) is 0. The minimum Gasteiger partial charge on any atom is -0.462 e. The Kier molecular flexibility index (Phi) is 57.2. The summed E-state index contributed by atoms with van der Waals surface area (Å²) in [4.78, 5) is 38.1. The Labute approximate surface area is 435 Å². The van der Waals surface area contributed by atoms with Crippen LogP contribution in [0.15, 0.2) is 36.5 Å². The van der Waals surface area contributed by atoms with E-state index >= 15 is 0 Å². The first kappa shape index (κ1) is 67.6. The summed E-state index contributed by atoms with van der Waals surface area (Å²) in [5.74, 6) is -0.858. The smallest absolute Gasteiger partial charge is 0.306 e. The molecule has 0 N–H and O–H groups in total. The second-order valence-electron chi connectivity index (χ2n) is 21.0. The van der Waals surface area contributed by atoms with E-state index in [1.54, 1.807) is 0 Å². The van der Waals surface area contributed by atoms with Crippen LogP contribution < -0.4 is 0 Å². The van der Waals surface area contributed by atoms with Crippen molar-refractivity contribution in [2.75, 3.05) is 13.2 Å². The summed E-state index contributed by atoms with van der Waals surface area (Å²) >= 11 is 0. The molecule has 0 heterocycles. The molecule has 0 amide bonds. The Bertz CT molecular complexity index is 1170. The standard InChI is InChI=1S/C64H118O6/c1-4-7-10-13-16-19-22-24-26-28-29-30-31-32-33-34-35-37-38-40-42-45-48-51-54-57-63(66)69-60-61(59-68-62(65)56-53-50-47-44-21-18-15-12-9-6-3)70-64(67)58-55-52-49-46-43-41-39-36-27-25-23-20-17-14-11-8-5-2/h22,24-25,27-29,61H,4-21,23,26,30-60H2,1-3H3/b24-22-,27-25-,29-28-. The van der Waals surface area contributed by atoms with Gasteiger partial charge in [-0.2, -0.15) is 0 Å². The van der Waals surface area contributed by atoms with E-state index in [4.69, 9.17) is 14.2 Å². The van der Waals surface area contributed by atoms with Crippen molar-refractivity contribution >= 4 is 17.9 Å². The van der Waals surface area contributed by atoms with Gasteiger partial charge < -0.3 is 14.2 Å². The predicted octanol–water partition coefficient (Wildman–Crippen LogP) is 20.8. The molecule has 6 nitrogen and oxygen atoms in total. The van der Waals surface area contributed by atoms with Crippen LogP contribution in [-0.2, 0) is 28.6 Å². The first-order chi connectivity index (χ1) is 34.5. The van der Waals surface area contributed by atoms with Gasteiger partial charge in [-0.3, -0.25) is 14.4 Å².